The molecule has 0 radical (unpaired) electrons. The van der Waals surface area contributed by atoms with Crippen LogP contribution in [0.2, 0.25) is 0 Å². The van der Waals surface area contributed by atoms with Crippen molar-refractivity contribution in [2.45, 2.75) is 19.1 Å². The van der Waals surface area contributed by atoms with Gasteiger partial charge in [-0.2, -0.15) is 0 Å². The molecule has 0 fully saturated rings. The van der Waals surface area contributed by atoms with Crippen LogP contribution >= 0.6 is 0 Å². The van der Waals surface area contributed by atoms with Gasteiger partial charge in [0.05, 0.1) is 5.75 Å². The number of nitrogens with one attached hydrogen (secondary N) is 2. The van der Waals surface area contributed by atoms with Gasteiger partial charge in [0.25, 0.3) is 5.91 Å². The number of amides is 2. The van der Waals surface area contributed by atoms with E-state index in [1.165, 1.54) is 18.2 Å². The normalized spacial score (nSPS) is 11.1. The van der Waals surface area contributed by atoms with Gasteiger partial charge < -0.3 is 10.6 Å². The number of carbonyl (C=O) groups is 2. The fraction of sp³-hybridized carbons (Fsp3) is 0.200. The zero-order chi connectivity index (χ0) is 23.8. The Hall–Kier alpha value is -3.52. The average molecular weight is 469 g/mol. The van der Waals surface area contributed by atoms with Gasteiger partial charge in [0.1, 0.15) is 11.6 Å². The Labute approximate surface area is 192 Å². The molecule has 0 atom stereocenters. The van der Waals surface area contributed by atoms with Crippen LogP contribution < -0.4 is 10.6 Å². The van der Waals surface area contributed by atoms with Crippen molar-refractivity contribution < 1.29 is 22.4 Å². The molecule has 0 spiro atoms. The van der Waals surface area contributed by atoms with Crippen LogP contribution in [0.5, 0.6) is 0 Å². The fourth-order valence-corrected chi connectivity index (χ4v) is 4.48. The predicted octanol–water partition coefficient (Wildman–Crippen LogP) is 3.66. The highest BCUT2D eigenvalue weighted by Gasteiger charge is 2.18. The Balaban J connectivity index is 1.54. The summed E-state index contributed by atoms with van der Waals surface area (Å²) in [6.07, 6.45) is 0.538. The summed E-state index contributed by atoms with van der Waals surface area (Å²) in [5, 5.41) is 5.35. The number of anilines is 1. The summed E-state index contributed by atoms with van der Waals surface area (Å²) in [5.41, 5.74) is 3.19. The lowest BCUT2D eigenvalue weighted by Gasteiger charge is -2.09. The van der Waals surface area contributed by atoms with Crippen LogP contribution in [-0.4, -0.2) is 32.5 Å². The van der Waals surface area contributed by atoms with Crippen molar-refractivity contribution in [2.75, 3.05) is 17.6 Å². The van der Waals surface area contributed by atoms with Gasteiger partial charge in [0.2, 0.25) is 5.91 Å². The van der Waals surface area contributed by atoms with Crippen molar-refractivity contribution >= 4 is 27.3 Å². The highest BCUT2D eigenvalue weighted by molar-refractivity contribution is 7.91. The van der Waals surface area contributed by atoms with Crippen molar-refractivity contribution in [1.82, 2.24) is 5.32 Å². The van der Waals surface area contributed by atoms with Gasteiger partial charge >= 0.3 is 0 Å². The Morgan fingerprint density at radius 2 is 1.61 bits per heavy atom. The summed E-state index contributed by atoms with van der Waals surface area (Å²) in [4.78, 5) is 24.6. The van der Waals surface area contributed by atoms with Gasteiger partial charge in [-0.15, -0.1) is 0 Å². The van der Waals surface area contributed by atoms with Crippen molar-refractivity contribution in [3.63, 3.8) is 0 Å². The second-order valence-electron chi connectivity index (χ2n) is 7.78. The summed E-state index contributed by atoms with van der Waals surface area (Å²) in [6.45, 7) is 2.27. The second kappa shape index (κ2) is 10.9. The van der Waals surface area contributed by atoms with Crippen LogP contribution in [0.4, 0.5) is 10.1 Å². The van der Waals surface area contributed by atoms with Crippen molar-refractivity contribution in [3.05, 3.63) is 101 Å². The molecule has 8 heteroatoms. The average Bonchev–Trinajstić information content (AvgIpc) is 2.76. The summed E-state index contributed by atoms with van der Waals surface area (Å²) < 4.78 is 38.0. The first-order valence-corrected chi connectivity index (χ1v) is 12.2. The fourth-order valence-electron chi connectivity index (χ4n) is 3.21. The van der Waals surface area contributed by atoms with Crippen LogP contribution in [0.3, 0.4) is 0 Å². The van der Waals surface area contributed by atoms with E-state index < -0.39 is 21.5 Å². The van der Waals surface area contributed by atoms with E-state index in [2.05, 4.69) is 10.6 Å². The molecule has 3 aromatic rings. The van der Waals surface area contributed by atoms with Crippen LogP contribution in [0.25, 0.3) is 0 Å². The summed E-state index contributed by atoms with van der Waals surface area (Å²) in [6, 6.07) is 19.4. The lowest BCUT2D eigenvalue weighted by Crippen LogP contribution is -2.26. The molecule has 0 saturated heterocycles. The highest BCUT2D eigenvalue weighted by atomic mass is 32.2. The number of halogens is 1. The van der Waals surface area contributed by atoms with Crippen molar-refractivity contribution in [2.24, 2.45) is 0 Å². The van der Waals surface area contributed by atoms with E-state index in [9.17, 15) is 22.4 Å². The largest absolute Gasteiger partial charge is 0.352 e. The summed E-state index contributed by atoms with van der Waals surface area (Å²) in [7, 11) is -3.74. The summed E-state index contributed by atoms with van der Waals surface area (Å²) in [5.74, 6) is -2.29. The maximum Gasteiger partial charge on any atom is 0.251 e. The number of hydrogen-bond donors (Lipinski definition) is 2. The van der Waals surface area contributed by atoms with Crippen LogP contribution in [0, 0.1) is 12.7 Å². The van der Waals surface area contributed by atoms with E-state index in [1.807, 2.05) is 19.1 Å². The number of carbonyl (C=O) groups excluding carboxylic acids is 2. The third kappa shape index (κ3) is 7.84. The molecule has 0 unspecified atom stereocenters. The van der Waals surface area contributed by atoms with Crippen LogP contribution in [0.15, 0.2) is 72.8 Å². The van der Waals surface area contributed by atoms with Gasteiger partial charge in [-0.3, -0.25) is 9.59 Å². The Kier molecular flexibility index (Phi) is 7.95. The third-order valence-corrected chi connectivity index (χ3v) is 6.35. The molecule has 0 aromatic heterocycles. The van der Waals surface area contributed by atoms with E-state index in [0.717, 1.165) is 11.1 Å². The molecule has 0 heterocycles. The molecule has 2 N–H and O–H groups in total. The van der Waals surface area contributed by atoms with Gasteiger partial charge in [0, 0.05) is 17.8 Å². The molecule has 6 nitrogen and oxygen atoms in total. The minimum absolute atomic E-state index is 0.317. The lowest BCUT2D eigenvalue weighted by molar-refractivity contribution is -0.113. The first kappa shape index (κ1) is 24.1. The second-order valence-corrected chi connectivity index (χ2v) is 9.84. The highest BCUT2D eigenvalue weighted by Crippen LogP contribution is 2.12. The smallest absolute Gasteiger partial charge is 0.251 e. The maximum absolute atomic E-state index is 13.0. The van der Waals surface area contributed by atoms with Crippen molar-refractivity contribution in [3.8, 4) is 0 Å². The number of rotatable bonds is 9. The quantitative estimate of drug-likeness (QED) is 0.501. The minimum atomic E-state index is -3.74. The van der Waals surface area contributed by atoms with Crippen LogP contribution in [0.1, 0.15) is 27.0 Å². The van der Waals surface area contributed by atoms with Gasteiger partial charge in [-0.1, -0.05) is 42.0 Å². The lowest BCUT2D eigenvalue weighted by atomic mass is 10.1. The molecule has 0 aliphatic rings. The molecular formula is C25H25FN2O4S. The zero-order valence-electron chi connectivity index (χ0n) is 18.2. The third-order valence-electron chi connectivity index (χ3n) is 4.87. The Bertz CT molecular complexity index is 1220. The SMILES string of the molecule is Cc1ccc(NC(=O)CS(=O)(=O)Cc2cccc(C(=O)NCCc3ccc(F)cc3)c2)cc1. The van der Waals surface area contributed by atoms with E-state index in [1.54, 1.807) is 42.5 Å². The maximum atomic E-state index is 13.0. The molecule has 172 valence electrons. The zero-order valence-corrected chi connectivity index (χ0v) is 19.0. The standard InChI is InChI=1S/C25H25FN2O4S/c1-18-5-11-23(12-6-18)28-24(29)17-33(31,32)16-20-3-2-4-21(15-20)25(30)27-14-13-19-7-9-22(26)10-8-19/h2-12,15H,13-14,16-17H2,1H3,(H,27,30)(H,28,29). The molecular weight excluding hydrogens is 443 g/mol. The summed E-state index contributed by atoms with van der Waals surface area (Å²) >= 11 is 0. The van der Waals surface area contributed by atoms with E-state index in [-0.39, 0.29) is 17.5 Å². The van der Waals surface area contributed by atoms with Gasteiger partial charge in [-0.25, -0.2) is 12.8 Å². The predicted molar refractivity (Wildman–Crippen MR) is 126 cm³/mol. The Morgan fingerprint density at radius 1 is 0.909 bits per heavy atom. The van der Waals surface area contributed by atoms with E-state index in [4.69, 9.17) is 0 Å². The molecule has 3 aromatic carbocycles. The molecule has 2 amide bonds. The van der Waals surface area contributed by atoms with Crippen molar-refractivity contribution in [1.29, 1.82) is 0 Å². The van der Waals surface area contributed by atoms with Gasteiger partial charge in [0.15, 0.2) is 9.84 Å². The monoisotopic (exact) mass is 468 g/mol. The topological polar surface area (TPSA) is 92.3 Å². The number of benzene rings is 3. The number of hydrogen-bond acceptors (Lipinski definition) is 4. The van der Waals surface area contributed by atoms with E-state index >= 15 is 0 Å². The Morgan fingerprint density at radius 3 is 2.30 bits per heavy atom. The molecule has 0 saturated carbocycles. The van der Waals surface area contributed by atoms with E-state index in [0.29, 0.717) is 29.8 Å². The first-order valence-electron chi connectivity index (χ1n) is 10.4. The molecule has 0 aliphatic heterocycles. The van der Waals surface area contributed by atoms with Gasteiger partial charge in [-0.05, 0) is 60.9 Å². The number of sulfone groups is 1. The molecule has 3 rings (SSSR count). The molecule has 33 heavy (non-hydrogen) atoms. The first-order chi connectivity index (χ1) is 15.7. The molecule has 0 bridgehead atoms. The molecule has 0 aliphatic carbocycles. The minimum Gasteiger partial charge on any atom is -0.352 e. The van der Waals surface area contributed by atoms with Crippen LogP contribution in [-0.2, 0) is 26.8 Å². The number of aryl methyl sites for hydroxylation is 1.